The molecule has 1 aliphatic rings. The third-order valence-electron chi connectivity index (χ3n) is 2.61. The van der Waals surface area contributed by atoms with E-state index in [4.69, 9.17) is 0 Å². The second kappa shape index (κ2) is 3.59. The maximum Gasteiger partial charge on any atom is 0.349 e. The van der Waals surface area contributed by atoms with Crippen molar-refractivity contribution in [2.45, 2.75) is 37.8 Å². The van der Waals surface area contributed by atoms with Gasteiger partial charge in [0.1, 0.15) is 5.82 Å². The van der Waals surface area contributed by atoms with Gasteiger partial charge in [-0.15, -0.1) is 0 Å². The zero-order valence-corrected chi connectivity index (χ0v) is 9.30. The SMILES string of the molecule is CCc1ncc(S(=O)(=O)F)n1CC1CC1. The maximum atomic E-state index is 12.9. The standard InChI is InChI=1S/C9H13FN2O2S/c1-2-8-11-5-9(15(10,13)14)12(8)6-7-3-4-7/h5,7H,2-4,6H2,1H3. The number of imidazole rings is 1. The van der Waals surface area contributed by atoms with Crippen molar-refractivity contribution in [1.29, 1.82) is 0 Å². The monoisotopic (exact) mass is 232 g/mol. The summed E-state index contributed by atoms with van der Waals surface area (Å²) in [5.74, 6) is 1.13. The fourth-order valence-corrected chi connectivity index (χ4v) is 2.25. The largest absolute Gasteiger partial charge is 0.349 e. The van der Waals surface area contributed by atoms with Gasteiger partial charge in [0.25, 0.3) is 0 Å². The van der Waals surface area contributed by atoms with E-state index < -0.39 is 10.2 Å². The van der Waals surface area contributed by atoms with E-state index >= 15 is 0 Å². The van der Waals surface area contributed by atoms with Gasteiger partial charge in [-0.1, -0.05) is 10.8 Å². The summed E-state index contributed by atoms with van der Waals surface area (Å²) in [4.78, 5) is 3.93. The highest BCUT2D eigenvalue weighted by Gasteiger charge is 2.27. The zero-order chi connectivity index (χ0) is 11.1. The normalized spacial score (nSPS) is 16.9. The van der Waals surface area contributed by atoms with E-state index in [0.29, 0.717) is 24.7 Å². The molecular weight excluding hydrogens is 219 g/mol. The van der Waals surface area contributed by atoms with Crippen molar-refractivity contribution in [1.82, 2.24) is 9.55 Å². The number of nitrogens with zero attached hydrogens (tertiary/aromatic N) is 2. The van der Waals surface area contributed by atoms with E-state index in [-0.39, 0.29) is 5.03 Å². The van der Waals surface area contributed by atoms with E-state index in [1.54, 1.807) is 0 Å². The quantitative estimate of drug-likeness (QED) is 0.739. The van der Waals surface area contributed by atoms with Gasteiger partial charge in [0.05, 0.1) is 6.20 Å². The third-order valence-corrected chi connectivity index (χ3v) is 3.43. The van der Waals surface area contributed by atoms with Crippen LogP contribution in [0, 0.1) is 5.92 Å². The second-order valence-corrected chi connectivity index (χ2v) is 5.15. The van der Waals surface area contributed by atoms with E-state index in [2.05, 4.69) is 4.98 Å². The number of aryl methyl sites for hydroxylation is 1. The van der Waals surface area contributed by atoms with Gasteiger partial charge in [0, 0.05) is 13.0 Å². The zero-order valence-electron chi connectivity index (χ0n) is 8.48. The first-order valence-corrected chi connectivity index (χ1v) is 6.39. The molecule has 0 atom stereocenters. The molecule has 1 aromatic rings. The van der Waals surface area contributed by atoms with E-state index in [1.165, 1.54) is 4.57 Å². The number of halogens is 1. The Morgan fingerprint density at radius 2 is 2.27 bits per heavy atom. The number of rotatable bonds is 4. The summed E-state index contributed by atoms with van der Waals surface area (Å²) in [6, 6.07) is 0. The van der Waals surface area contributed by atoms with Crippen molar-refractivity contribution in [3.63, 3.8) is 0 Å². The van der Waals surface area contributed by atoms with Crippen LogP contribution in [-0.2, 0) is 23.2 Å². The molecule has 0 saturated heterocycles. The summed E-state index contributed by atoms with van der Waals surface area (Å²) < 4.78 is 36.1. The molecule has 0 radical (unpaired) electrons. The van der Waals surface area contributed by atoms with Gasteiger partial charge < -0.3 is 4.57 Å². The minimum absolute atomic E-state index is 0.300. The highest BCUT2D eigenvalue weighted by atomic mass is 32.3. The highest BCUT2D eigenvalue weighted by Crippen LogP contribution is 2.32. The van der Waals surface area contributed by atoms with E-state index in [1.807, 2.05) is 6.92 Å². The minimum atomic E-state index is -4.64. The molecule has 1 saturated carbocycles. The molecule has 0 bridgehead atoms. The van der Waals surface area contributed by atoms with E-state index in [0.717, 1.165) is 19.0 Å². The Morgan fingerprint density at radius 1 is 1.60 bits per heavy atom. The van der Waals surface area contributed by atoms with Crippen LogP contribution in [0.1, 0.15) is 25.6 Å². The van der Waals surface area contributed by atoms with Crippen LogP contribution >= 0.6 is 0 Å². The fraction of sp³-hybridized carbons (Fsp3) is 0.667. The first-order chi connectivity index (χ1) is 7.02. The number of hydrogen-bond acceptors (Lipinski definition) is 3. The van der Waals surface area contributed by atoms with Crippen LogP contribution in [0.15, 0.2) is 11.2 Å². The van der Waals surface area contributed by atoms with Crippen molar-refractivity contribution < 1.29 is 12.3 Å². The van der Waals surface area contributed by atoms with Crippen LogP contribution in [-0.4, -0.2) is 18.0 Å². The molecular formula is C9H13FN2O2S. The van der Waals surface area contributed by atoms with Crippen molar-refractivity contribution in [2.24, 2.45) is 5.92 Å². The van der Waals surface area contributed by atoms with Crippen LogP contribution in [0.2, 0.25) is 0 Å². The molecule has 15 heavy (non-hydrogen) atoms. The number of hydrogen-bond donors (Lipinski definition) is 0. The predicted molar refractivity (Wildman–Crippen MR) is 52.6 cm³/mol. The Balaban J connectivity index is 2.40. The molecule has 6 heteroatoms. The van der Waals surface area contributed by atoms with Crippen molar-refractivity contribution in [3.8, 4) is 0 Å². The Kier molecular flexibility index (Phi) is 2.54. The van der Waals surface area contributed by atoms with Gasteiger partial charge in [0.2, 0.25) is 0 Å². The van der Waals surface area contributed by atoms with Crippen molar-refractivity contribution in [3.05, 3.63) is 12.0 Å². The Morgan fingerprint density at radius 3 is 2.73 bits per heavy atom. The summed E-state index contributed by atoms with van der Waals surface area (Å²) in [7, 11) is -4.64. The fourth-order valence-electron chi connectivity index (χ4n) is 1.63. The molecule has 0 unspecified atom stereocenters. The molecule has 0 N–H and O–H groups in total. The van der Waals surface area contributed by atoms with Crippen LogP contribution in [0.3, 0.4) is 0 Å². The Bertz CT molecular complexity index is 462. The lowest BCUT2D eigenvalue weighted by molar-refractivity contribution is 0.512. The first kappa shape index (κ1) is 10.6. The second-order valence-electron chi connectivity index (χ2n) is 3.86. The lowest BCUT2D eigenvalue weighted by Crippen LogP contribution is -2.10. The minimum Gasteiger partial charge on any atom is -0.317 e. The molecule has 1 aromatic heterocycles. The predicted octanol–water partition coefficient (Wildman–Crippen LogP) is 1.51. The molecule has 84 valence electrons. The van der Waals surface area contributed by atoms with Crippen molar-refractivity contribution >= 4 is 10.2 Å². The smallest absolute Gasteiger partial charge is 0.317 e. The van der Waals surface area contributed by atoms with Crippen molar-refractivity contribution in [2.75, 3.05) is 0 Å². The lowest BCUT2D eigenvalue weighted by atomic mass is 10.4. The topological polar surface area (TPSA) is 52.0 Å². The molecule has 2 rings (SSSR count). The van der Waals surface area contributed by atoms with Gasteiger partial charge in [-0.25, -0.2) is 4.98 Å². The summed E-state index contributed by atoms with van der Waals surface area (Å²) >= 11 is 0. The molecule has 0 spiro atoms. The van der Waals surface area contributed by atoms with Crippen LogP contribution in [0.5, 0.6) is 0 Å². The molecule has 0 aliphatic heterocycles. The maximum absolute atomic E-state index is 12.9. The van der Waals surface area contributed by atoms with Gasteiger partial charge >= 0.3 is 10.2 Å². The average Bonchev–Trinajstić information content (AvgIpc) is 2.82. The number of aromatic nitrogens is 2. The summed E-state index contributed by atoms with van der Waals surface area (Å²) in [6.45, 7) is 2.45. The van der Waals surface area contributed by atoms with Gasteiger partial charge in [-0.2, -0.15) is 8.42 Å². The molecule has 1 aliphatic carbocycles. The van der Waals surface area contributed by atoms with Gasteiger partial charge in [-0.05, 0) is 18.8 Å². The summed E-state index contributed by atoms with van der Waals surface area (Å²) in [6.07, 6.45) is 3.90. The highest BCUT2D eigenvalue weighted by molar-refractivity contribution is 7.86. The van der Waals surface area contributed by atoms with Crippen LogP contribution in [0.4, 0.5) is 3.89 Å². The van der Waals surface area contributed by atoms with Crippen LogP contribution in [0.25, 0.3) is 0 Å². The average molecular weight is 232 g/mol. The lowest BCUT2D eigenvalue weighted by Gasteiger charge is -2.07. The molecule has 0 aromatic carbocycles. The summed E-state index contributed by atoms with van der Waals surface area (Å²) in [5.41, 5.74) is 0. The Hall–Kier alpha value is -0.910. The van der Waals surface area contributed by atoms with Crippen LogP contribution < -0.4 is 0 Å². The molecule has 0 amide bonds. The first-order valence-electron chi connectivity index (χ1n) is 5.01. The molecule has 4 nitrogen and oxygen atoms in total. The molecule has 1 fully saturated rings. The summed E-state index contributed by atoms with van der Waals surface area (Å²) in [5, 5.41) is -0.300. The van der Waals surface area contributed by atoms with E-state index in [9.17, 15) is 12.3 Å². The van der Waals surface area contributed by atoms with Gasteiger partial charge in [0.15, 0.2) is 5.03 Å². The Labute approximate surface area is 88.3 Å². The molecule has 1 heterocycles. The van der Waals surface area contributed by atoms with Gasteiger partial charge in [-0.3, -0.25) is 0 Å². The third kappa shape index (κ3) is 2.19.